The van der Waals surface area contributed by atoms with E-state index in [0.717, 1.165) is 13.1 Å². The number of nitrogens with one attached hydrogen (secondary N) is 1. The first-order valence-corrected chi connectivity index (χ1v) is 8.99. The molecule has 1 N–H and O–H groups in total. The van der Waals surface area contributed by atoms with Crippen molar-refractivity contribution in [3.63, 3.8) is 0 Å². The average Bonchev–Trinajstić information content (AvgIpc) is 2.49. The van der Waals surface area contributed by atoms with E-state index in [-0.39, 0.29) is 5.54 Å². The third-order valence-electron chi connectivity index (χ3n) is 5.16. The van der Waals surface area contributed by atoms with Gasteiger partial charge in [-0.25, -0.2) is 0 Å². The summed E-state index contributed by atoms with van der Waals surface area (Å²) in [6.45, 7) is 13.6. The van der Waals surface area contributed by atoms with Crippen LogP contribution in [-0.4, -0.2) is 24.7 Å². The van der Waals surface area contributed by atoms with Crippen LogP contribution in [0.4, 0.5) is 5.69 Å². The van der Waals surface area contributed by atoms with Gasteiger partial charge < -0.3 is 10.2 Å². The highest BCUT2D eigenvalue weighted by Gasteiger charge is 2.37. The lowest BCUT2D eigenvalue weighted by molar-refractivity contribution is 0.227. The van der Waals surface area contributed by atoms with Gasteiger partial charge in [-0.2, -0.15) is 0 Å². The number of nitrogens with zero attached hydrogens (tertiary/aromatic N) is 1. The predicted octanol–water partition coefficient (Wildman–Crippen LogP) is 4.75. The molecule has 0 radical (unpaired) electrons. The van der Waals surface area contributed by atoms with Crippen molar-refractivity contribution < 1.29 is 0 Å². The van der Waals surface area contributed by atoms with Crippen molar-refractivity contribution in [1.29, 1.82) is 0 Å². The van der Waals surface area contributed by atoms with Gasteiger partial charge in [0.15, 0.2) is 0 Å². The molecule has 3 heteroatoms. The number of anilines is 1. The molecule has 0 aliphatic carbocycles. The SMILES string of the molecule is CCC1(CC)CN(c2ccc(Br)c(C)c2)C(C(C)C)CN1. The topological polar surface area (TPSA) is 15.3 Å². The molecular formula is C18H29BrN2. The zero-order valence-electron chi connectivity index (χ0n) is 14.0. The van der Waals surface area contributed by atoms with Crippen LogP contribution in [0.1, 0.15) is 46.1 Å². The molecule has 21 heavy (non-hydrogen) atoms. The standard InChI is InChI=1S/C18H29BrN2/c1-6-18(7-2)12-21(17(11-20-18)13(3)4)15-8-9-16(19)14(5)10-15/h8-10,13,17,20H,6-7,11-12H2,1-5H3. The average molecular weight is 353 g/mol. The van der Waals surface area contributed by atoms with Crippen LogP contribution in [0.3, 0.4) is 0 Å². The van der Waals surface area contributed by atoms with Gasteiger partial charge in [0, 0.05) is 34.8 Å². The van der Waals surface area contributed by atoms with Crippen LogP contribution in [0.2, 0.25) is 0 Å². The maximum absolute atomic E-state index is 3.84. The molecule has 2 rings (SSSR count). The van der Waals surface area contributed by atoms with E-state index < -0.39 is 0 Å². The number of halogens is 1. The van der Waals surface area contributed by atoms with Gasteiger partial charge in [-0.05, 0) is 49.4 Å². The highest BCUT2D eigenvalue weighted by molar-refractivity contribution is 9.10. The molecule has 1 unspecified atom stereocenters. The van der Waals surface area contributed by atoms with Crippen molar-refractivity contribution in [3.8, 4) is 0 Å². The minimum Gasteiger partial charge on any atom is -0.365 e. The third kappa shape index (κ3) is 3.45. The van der Waals surface area contributed by atoms with E-state index >= 15 is 0 Å². The first kappa shape index (κ1) is 16.8. The molecule has 118 valence electrons. The van der Waals surface area contributed by atoms with E-state index in [1.54, 1.807) is 0 Å². The van der Waals surface area contributed by atoms with Crippen molar-refractivity contribution in [1.82, 2.24) is 5.32 Å². The second-order valence-electron chi connectivity index (χ2n) is 6.74. The molecule has 0 amide bonds. The molecule has 1 aliphatic heterocycles. The molecule has 0 bridgehead atoms. The van der Waals surface area contributed by atoms with Crippen LogP contribution >= 0.6 is 15.9 Å². The van der Waals surface area contributed by atoms with Crippen molar-refractivity contribution >= 4 is 21.6 Å². The first-order valence-electron chi connectivity index (χ1n) is 8.20. The third-order valence-corrected chi connectivity index (χ3v) is 6.05. The van der Waals surface area contributed by atoms with Gasteiger partial charge in [0.2, 0.25) is 0 Å². The molecule has 1 fully saturated rings. The Labute approximate surface area is 138 Å². The van der Waals surface area contributed by atoms with Crippen molar-refractivity contribution in [2.75, 3.05) is 18.0 Å². The Morgan fingerprint density at radius 2 is 2.00 bits per heavy atom. The van der Waals surface area contributed by atoms with Gasteiger partial charge in [0.1, 0.15) is 0 Å². The fraction of sp³-hybridized carbons (Fsp3) is 0.667. The Morgan fingerprint density at radius 3 is 2.52 bits per heavy atom. The number of rotatable bonds is 4. The van der Waals surface area contributed by atoms with Crippen LogP contribution in [-0.2, 0) is 0 Å². The van der Waals surface area contributed by atoms with E-state index in [9.17, 15) is 0 Å². The van der Waals surface area contributed by atoms with E-state index in [1.807, 2.05) is 0 Å². The Morgan fingerprint density at radius 1 is 1.33 bits per heavy atom. The summed E-state index contributed by atoms with van der Waals surface area (Å²) in [5.74, 6) is 0.646. The summed E-state index contributed by atoms with van der Waals surface area (Å²) in [5, 5.41) is 3.84. The van der Waals surface area contributed by atoms with E-state index in [2.05, 4.69) is 79.0 Å². The highest BCUT2D eigenvalue weighted by atomic mass is 79.9. The second kappa shape index (κ2) is 6.70. The van der Waals surface area contributed by atoms with Gasteiger partial charge in [-0.3, -0.25) is 0 Å². The summed E-state index contributed by atoms with van der Waals surface area (Å²) < 4.78 is 1.19. The number of hydrogen-bond acceptors (Lipinski definition) is 2. The van der Waals surface area contributed by atoms with Crippen LogP contribution < -0.4 is 10.2 Å². The lowest BCUT2D eigenvalue weighted by Gasteiger charge is -2.50. The predicted molar refractivity (Wildman–Crippen MR) is 96.2 cm³/mol. The van der Waals surface area contributed by atoms with Crippen LogP contribution in [0.15, 0.2) is 22.7 Å². The minimum atomic E-state index is 0.256. The zero-order chi connectivity index (χ0) is 15.6. The number of piperazine rings is 1. The molecule has 0 spiro atoms. The Balaban J connectivity index is 2.35. The Bertz CT molecular complexity index is 480. The number of benzene rings is 1. The summed E-state index contributed by atoms with van der Waals surface area (Å²) in [6, 6.07) is 7.33. The molecule has 1 saturated heterocycles. The summed E-state index contributed by atoms with van der Waals surface area (Å²) in [6.07, 6.45) is 2.36. The molecule has 1 aromatic carbocycles. The highest BCUT2D eigenvalue weighted by Crippen LogP contribution is 2.32. The normalized spacial score (nSPS) is 21.9. The van der Waals surface area contributed by atoms with Crippen LogP contribution in [0.25, 0.3) is 0 Å². The second-order valence-corrected chi connectivity index (χ2v) is 7.60. The Kier molecular flexibility index (Phi) is 5.37. The molecular weight excluding hydrogens is 324 g/mol. The fourth-order valence-corrected chi connectivity index (χ4v) is 3.59. The minimum absolute atomic E-state index is 0.256. The number of hydrogen-bond donors (Lipinski definition) is 1. The summed E-state index contributed by atoms with van der Waals surface area (Å²) in [5.41, 5.74) is 2.93. The summed E-state index contributed by atoms with van der Waals surface area (Å²) in [4.78, 5) is 2.63. The van der Waals surface area contributed by atoms with Crippen molar-refractivity contribution in [3.05, 3.63) is 28.2 Å². The molecule has 1 aromatic rings. The first-order chi connectivity index (χ1) is 9.92. The van der Waals surface area contributed by atoms with E-state index in [0.29, 0.717) is 12.0 Å². The summed E-state index contributed by atoms with van der Waals surface area (Å²) >= 11 is 3.62. The van der Waals surface area contributed by atoms with Gasteiger partial charge in [-0.1, -0.05) is 43.6 Å². The molecule has 1 atom stereocenters. The quantitative estimate of drug-likeness (QED) is 0.840. The summed E-state index contributed by atoms with van der Waals surface area (Å²) in [7, 11) is 0. The Hall–Kier alpha value is -0.540. The van der Waals surface area contributed by atoms with Gasteiger partial charge >= 0.3 is 0 Å². The van der Waals surface area contributed by atoms with Crippen molar-refractivity contribution in [2.24, 2.45) is 5.92 Å². The fourth-order valence-electron chi connectivity index (χ4n) is 3.34. The van der Waals surface area contributed by atoms with Gasteiger partial charge in [0.05, 0.1) is 0 Å². The lowest BCUT2D eigenvalue weighted by Crippen LogP contribution is -2.65. The monoisotopic (exact) mass is 352 g/mol. The lowest BCUT2D eigenvalue weighted by atomic mass is 9.86. The maximum Gasteiger partial charge on any atom is 0.0438 e. The van der Waals surface area contributed by atoms with E-state index in [4.69, 9.17) is 0 Å². The maximum atomic E-state index is 3.84. The molecule has 0 saturated carbocycles. The smallest absolute Gasteiger partial charge is 0.0438 e. The molecule has 0 aromatic heterocycles. The number of aryl methyl sites for hydroxylation is 1. The van der Waals surface area contributed by atoms with Crippen LogP contribution in [0.5, 0.6) is 0 Å². The zero-order valence-corrected chi connectivity index (χ0v) is 15.6. The molecule has 2 nitrogen and oxygen atoms in total. The van der Waals surface area contributed by atoms with E-state index in [1.165, 1.54) is 28.6 Å². The van der Waals surface area contributed by atoms with Gasteiger partial charge in [-0.15, -0.1) is 0 Å². The van der Waals surface area contributed by atoms with Crippen LogP contribution in [0, 0.1) is 12.8 Å². The largest absolute Gasteiger partial charge is 0.365 e. The molecule has 1 aliphatic rings. The van der Waals surface area contributed by atoms with Gasteiger partial charge in [0.25, 0.3) is 0 Å². The molecule has 1 heterocycles. The van der Waals surface area contributed by atoms with Crippen molar-refractivity contribution in [2.45, 2.75) is 59.0 Å².